The van der Waals surface area contributed by atoms with Crippen LogP contribution in [0.3, 0.4) is 0 Å². The molecule has 1 amide bonds. The zero-order valence-electron chi connectivity index (χ0n) is 17.4. The number of hydrogen-bond acceptors (Lipinski definition) is 4. The van der Waals surface area contributed by atoms with E-state index in [0.29, 0.717) is 5.56 Å². The Labute approximate surface area is 185 Å². The topological polar surface area (TPSA) is 69.0 Å². The Morgan fingerprint density at radius 3 is 2.30 bits per heavy atom. The summed E-state index contributed by atoms with van der Waals surface area (Å²) in [4.78, 5) is 13.4. The van der Waals surface area contributed by atoms with Gasteiger partial charge in [-0.2, -0.15) is 23.1 Å². The predicted molar refractivity (Wildman–Crippen MR) is 108 cm³/mol. The number of aromatic nitrogens is 3. The molecule has 2 aromatic carbocycles. The number of halogens is 5. The van der Waals surface area contributed by atoms with Gasteiger partial charge in [-0.15, -0.1) is 5.10 Å². The smallest absolute Gasteiger partial charge is 0.398 e. The van der Waals surface area contributed by atoms with E-state index in [9.17, 15) is 26.7 Å². The standard InChI is InChI=1S/C22H19F5N4O2/c1-33-20-16(23)8-14(9-17(20)24)12-31-28-11-18(30-31)29-19(32)10-13-2-4-15(5-3-13)21(6-7-21)22(25,26)27/h2-5,8-9,11H,6-7,10,12H2,1H3,(H,29,30,32). The molecule has 1 aliphatic carbocycles. The van der Waals surface area contributed by atoms with Gasteiger partial charge in [0.25, 0.3) is 0 Å². The number of rotatable bonds is 7. The van der Waals surface area contributed by atoms with Gasteiger partial charge in [0.2, 0.25) is 5.91 Å². The first kappa shape index (κ1) is 22.7. The number of ether oxygens (including phenoxy) is 1. The van der Waals surface area contributed by atoms with Crippen molar-refractivity contribution < 1.29 is 31.5 Å². The van der Waals surface area contributed by atoms with Gasteiger partial charge in [-0.05, 0) is 41.7 Å². The van der Waals surface area contributed by atoms with E-state index in [1.807, 2.05) is 0 Å². The van der Waals surface area contributed by atoms with E-state index in [-0.39, 0.29) is 42.8 Å². The van der Waals surface area contributed by atoms with Crippen molar-refractivity contribution in [3.63, 3.8) is 0 Å². The molecule has 11 heteroatoms. The van der Waals surface area contributed by atoms with Gasteiger partial charge in [-0.25, -0.2) is 8.78 Å². The summed E-state index contributed by atoms with van der Waals surface area (Å²) < 4.78 is 72.0. The third-order valence-corrected chi connectivity index (χ3v) is 5.55. The van der Waals surface area contributed by atoms with Crippen LogP contribution in [-0.4, -0.2) is 34.2 Å². The van der Waals surface area contributed by atoms with Crippen LogP contribution in [0.2, 0.25) is 0 Å². The maximum Gasteiger partial charge on any atom is 0.398 e. The minimum Gasteiger partial charge on any atom is -0.491 e. The van der Waals surface area contributed by atoms with Gasteiger partial charge in [0.05, 0.1) is 31.7 Å². The van der Waals surface area contributed by atoms with Crippen LogP contribution >= 0.6 is 0 Å². The Balaban J connectivity index is 1.36. The molecule has 1 aliphatic rings. The fraction of sp³-hybridized carbons (Fsp3) is 0.318. The third kappa shape index (κ3) is 4.67. The zero-order valence-corrected chi connectivity index (χ0v) is 17.4. The lowest BCUT2D eigenvalue weighted by Gasteiger charge is -2.19. The van der Waals surface area contributed by atoms with Crippen molar-refractivity contribution in [2.24, 2.45) is 0 Å². The summed E-state index contributed by atoms with van der Waals surface area (Å²) in [5.74, 6) is -2.52. The molecule has 0 atom stereocenters. The monoisotopic (exact) mass is 466 g/mol. The Morgan fingerprint density at radius 2 is 1.76 bits per heavy atom. The first-order valence-corrected chi connectivity index (χ1v) is 9.99. The molecule has 4 rings (SSSR count). The number of nitrogens with one attached hydrogen (secondary N) is 1. The minimum absolute atomic E-state index is 0.0455. The number of benzene rings is 2. The Morgan fingerprint density at radius 1 is 1.12 bits per heavy atom. The second-order valence-corrected chi connectivity index (χ2v) is 7.85. The Hall–Kier alpha value is -3.50. The molecule has 1 saturated carbocycles. The zero-order chi connectivity index (χ0) is 23.8. The number of carbonyl (C=O) groups excluding carboxylic acids is 1. The molecule has 0 saturated heterocycles. The molecule has 3 aromatic rings. The molecule has 1 N–H and O–H groups in total. The molecule has 6 nitrogen and oxygen atoms in total. The Bertz CT molecular complexity index is 1150. The van der Waals surface area contributed by atoms with E-state index in [1.165, 1.54) is 30.5 Å². The quantitative estimate of drug-likeness (QED) is 0.525. The fourth-order valence-electron chi connectivity index (χ4n) is 3.67. The highest BCUT2D eigenvalue weighted by Gasteiger charge is 2.64. The normalized spacial score (nSPS) is 14.7. The second kappa shape index (κ2) is 8.45. The van der Waals surface area contributed by atoms with E-state index in [0.717, 1.165) is 24.0 Å². The average molecular weight is 466 g/mol. The molecular weight excluding hydrogens is 447 g/mol. The fourth-order valence-corrected chi connectivity index (χ4v) is 3.67. The average Bonchev–Trinajstić information content (AvgIpc) is 3.45. The highest BCUT2D eigenvalue weighted by molar-refractivity contribution is 5.91. The van der Waals surface area contributed by atoms with Gasteiger partial charge in [0.1, 0.15) is 0 Å². The molecule has 0 bridgehead atoms. The summed E-state index contributed by atoms with van der Waals surface area (Å²) in [5.41, 5.74) is -0.756. The van der Waals surface area contributed by atoms with Gasteiger partial charge in [-0.1, -0.05) is 24.3 Å². The number of nitrogens with zero attached hydrogens (tertiary/aromatic N) is 3. The molecule has 174 valence electrons. The molecule has 0 aliphatic heterocycles. The third-order valence-electron chi connectivity index (χ3n) is 5.55. The van der Waals surface area contributed by atoms with Gasteiger partial charge in [0, 0.05) is 0 Å². The van der Waals surface area contributed by atoms with Gasteiger partial charge in [-0.3, -0.25) is 4.79 Å². The van der Waals surface area contributed by atoms with Crippen LogP contribution in [0.5, 0.6) is 5.75 Å². The van der Waals surface area contributed by atoms with Crippen molar-refractivity contribution in [3.8, 4) is 5.75 Å². The number of alkyl halides is 3. The first-order chi connectivity index (χ1) is 15.6. The molecule has 1 heterocycles. The van der Waals surface area contributed by atoms with Crippen LogP contribution in [-0.2, 0) is 23.2 Å². The highest BCUT2D eigenvalue weighted by Crippen LogP contribution is 2.58. The lowest BCUT2D eigenvalue weighted by atomic mass is 9.94. The molecule has 0 radical (unpaired) electrons. The van der Waals surface area contributed by atoms with Gasteiger partial charge < -0.3 is 10.1 Å². The van der Waals surface area contributed by atoms with Gasteiger partial charge >= 0.3 is 6.18 Å². The molecule has 33 heavy (non-hydrogen) atoms. The van der Waals surface area contributed by atoms with Crippen LogP contribution in [0.25, 0.3) is 0 Å². The van der Waals surface area contributed by atoms with Crippen LogP contribution in [0, 0.1) is 11.6 Å². The van der Waals surface area contributed by atoms with Crippen LogP contribution < -0.4 is 10.1 Å². The van der Waals surface area contributed by atoms with Crippen LogP contribution in [0.15, 0.2) is 42.6 Å². The summed E-state index contributed by atoms with van der Waals surface area (Å²) in [5, 5.41) is 10.5. The second-order valence-electron chi connectivity index (χ2n) is 7.85. The van der Waals surface area contributed by atoms with E-state index in [1.54, 1.807) is 0 Å². The van der Waals surface area contributed by atoms with E-state index >= 15 is 0 Å². The minimum atomic E-state index is -4.29. The summed E-state index contributed by atoms with van der Waals surface area (Å²) in [6.07, 6.45) is -2.94. The SMILES string of the molecule is COc1c(F)cc(Cn2ncc(NC(=O)Cc3ccc(C4(C(F)(F)F)CC4)cc3)n2)cc1F. The van der Waals surface area contributed by atoms with Crippen LogP contribution in [0.1, 0.15) is 29.5 Å². The predicted octanol–water partition coefficient (Wildman–Crippen LogP) is 4.39. The lowest BCUT2D eigenvalue weighted by molar-refractivity contribution is -0.160. The number of hydrogen-bond donors (Lipinski definition) is 1. The maximum absolute atomic E-state index is 13.8. The number of amides is 1. The molecule has 0 unspecified atom stereocenters. The molecule has 1 aromatic heterocycles. The number of methoxy groups -OCH3 is 1. The van der Waals surface area contributed by atoms with Gasteiger partial charge in [0.15, 0.2) is 23.2 Å². The molecule has 0 spiro atoms. The highest BCUT2D eigenvalue weighted by atomic mass is 19.4. The summed E-state index contributed by atoms with van der Waals surface area (Å²) >= 11 is 0. The van der Waals surface area contributed by atoms with E-state index in [2.05, 4.69) is 20.3 Å². The lowest BCUT2D eigenvalue weighted by Crippen LogP contribution is -2.28. The molecule has 1 fully saturated rings. The number of carbonyl (C=O) groups is 1. The summed E-state index contributed by atoms with van der Waals surface area (Å²) in [7, 11) is 1.16. The van der Waals surface area contributed by atoms with Crippen molar-refractivity contribution in [2.45, 2.75) is 37.4 Å². The van der Waals surface area contributed by atoms with Crippen molar-refractivity contribution in [3.05, 3.63) is 70.9 Å². The van der Waals surface area contributed by atoms with Crippen LogP contribution in [0.4, 0.5) is 27.8 Å². The van der Waals surface area contributed by atoms with Crippen molar-refractivity contribution >= 4 is 11.7 Å². The number of anilines is 1. The summed E-state index contributed by atoms with van der Waals surface area (Å²) in [6, 6.07) is 8.02. The van der Waals surface area contributed by atoms with Crippen molar-refractivity contribution in [2.75, 3.05) is 12.4 Å². The summed E-state index contributed by atoms with van der Waals surface area (Å²) in [6.45, 7) is -0.0455. The first-order valence-electron chi connectivity index (χ1n) is 9.99. The maximum atomic E-state index is 13.8. The van der Waals surface area contributed by atoms with E-state index < -0.39 is 34.9 Å². The Kier molecular flexibility index (Phi) is 5.81. The van der Waals surface area contributed by atoms with Crippen molar-refractivity contribution in [1.82, 2.24) is 15.0 Å². The van der Waals surface area contributed by atoms with E-state index in [4.69, 9.17) is 0 Å². The largest absolute Gasteiger partial charge is 0.491 e. The van der Waals surface area contributed by atoms with Crippen molar-refractivity contribution in [1.29, 1.82) is 0 Å². The molecular formula is C22H19F5N4O2.